The van der Waals surface area contributed by atoms with Gasteiger partial charge in [-0.3, -0.25) is 4.79 Å². The number of hydrogen-bond donors (Lipinski definition) is 0. The van der Waals surface area contributed by atoms with Gasteiger partial charge in [0.15, 0.2) is 5.78 Å². The summed E-state index contributed by atoms with van der Waals surface area (Å²) in [5, 5.41) is 1.85. The normalized spacial score (nSPS) is 10.4. The molecular weight excluding hydrogens is 264 g/mol. The van der Waals surface area contributed by atoms with Crippen LogP contribution in [0.3, 0.4) is 0 Å². The third kappa shape index (κ3) is 2.13. The van der Waals surface area contributed by atoms with Gasteiger partial charge in [0.2, 0.25) is 0 Å². The van der Waals surface area contributed by atoms with E-state index in [1.165, 1.54) is 11.3 Å². The van der Waals surface area contributed by atoms with Crippen molar-refractivity contribution in [2.45, 2.75) is 6.42 Å². The molecule has 0 aliphatic carbocycles. The minimum absolute atomic E-state index is 0.119. The van der Waals surface area contributed by atoms with Gasteiger partial charge in [-0.15, -0.1) is 11.3 Å². The summed E-state index contributed by atoms with van der Waals surface area (Å²) in [6.45, 7) is 0. The first-order valence-corrected chi connectivity index (χ1v) is 5.71. The van der Waals surface area contributed by atoms with E-state index in [-0.39, 0.29) is 5.78 Å². The molecule has 0 aromatic carbocycles. The Hall–Kier alpha value is -0.870. The molecule has 2 rings (SSSR count). The van der Waals surface area contributed by atoms with Crippen LogP contribution in [0.25, 0.3) is 0 Å². The molecule has 4 heteroatoms. The maximum atomic E-state index is 11.7. The summed E-state index contributed by atoms with van der Waals surface area (Å²) in [5.74, 6) is 0.119. The van der Waals surface area contributed by atoms with Crippen LogP contribution >= 0.6 is 27.3 Å². The molecular formula is C10H7BrO2S. The number of furan rings is 1. The number of carbonyl (C=O) groups excluding carboxylic acids is 1. The van der Waals surface area contributed by atoms with E-state index in [1.807, 2.05) is 11.4 Å². The molecule has 0 radical (unpaired) electrons. The van der Waals surface area contributed by atoms with Crippen molar-refractivity contribution in [1.29, 1.82) is 0 Å². The summed E-state index contributed by atoms with van der Waals surface area (Å²) in [5.41, 5.74) is 1.67. The number of halogens is 1. The number of thiophene rings is 1. The minimum atomic E-state index is 0.119. The Labute approximate surface area is 93.7 Å². The van der Waals surface area contributed by atoms with Gasteiger partial charge in [0.05, 0.1) is 16.3 Å². The van der Waals surface area contributed by atoms with E-state index in [4.69, 9.17) is 4.42 Å². The summed E-state index contributed by atoms with van der Waals surface area (Å²) in [6.07, 6.45) is 3.57. The van der Waals surface area contributed by atoms with Crippen molar-refractivity contribution >= 4 is 33.0 Å². The molecule has 0 unspecified atom stereocenters. The Bertz CT molecular complexity index is 431. The van der Waals surface area contributed by atoms with Gasteiger partial charge in [-0.2, -0.15) is 0 Å². The van der Waals surface area contributed by atoms with E-state index in [1.54, 1.807) is 18.6 Å². The van der Waals surface area contributed by atoms with Gasteiger partial charge in [0, 0.05) is 17.4 Å². The molecule has 72 valence electrons. The van der Waals surface area contributed by atoms with Crippen LogP contribution in [0.4, 0.5) is 0 Å². The van der Waals surface area contributed by atoms with E-state index in [9.17, 15) is 4.79 Å². The van der Waals surface area contributed by atoms with Gasteiger partial charge in [-0.1, -0.05) is 0 Å². The fraction of sp³-hybridized carbons (Fsp3) is 0.100. The lowest BCUT2D eigenvalue weighted by Gasteiger charge is -1.93. The molecule has 2 nitrogen and oxygen atoms in total. The van der Waals surface area contributed by atoms with Crippen molar-refractivity contribution in [3.8, 4) is 0 Å². The van der Waals surface area contributed by atoms with E-state index in [0.717, 1.165) is 14.9 Å². The number of Topliss-reactive ketones (excluding diaryl/α,β-unsaturated/α-hetero) is 1. The van der Waals surface area contributed by atoms with E-state index in [0.29, 0.717) is 6.42 Å². The van der Waals surface area contributed by atoms with Gasteiger partial charge >= 0.3 is 0 Å². The highest BCUT2D eigenvalue weighted by atomic mass is 79.9. The zero-order valence-corrected chi connectivity index (χ0v) is 9.60. The highest BCUT2D eigenvalue weighted by molar-refractivity contribution is 9.11. The maximum Gasteiger partial charge on any atom is 0.168 e. The van der Waals surface area contributed by atoms with E-state index >= 15 is 0 Å². The van der Waals surface area contributed by atoms with Gasteiger partial charge in [-0.05, 0) is 33.6 Å². The molecule has 14 heavy (non-hydrogen) atoms. The monoisotopic (exact) mass is 270 g/mol. The molecule has 0 saturated heterocycles. The molecule has 0 bridgehead atoms. The van der Waals surface area contributed by atoms with Crippen LogP contribution in [0, 0.1) is 0 Å². The van der Waals surface area contributed by atoms with Crippen LogP contribution in [0.1, 0.15) is 15.9 Å². The maximum absolute atomic E-state index is 11.7. The summed E-state index contributed by atoms with van der Waals surface area (Å²) in [6, 6.07) is 3.65. The molecule has 2 heterocycles. The van der Waals surface area contributed by atoms with Crippen LogP contribution < -0.4 is 0 Å². The number of carbonyl (C=O) groups is 1. The van der Waals surface area contributed by atoms with Gasteiger partial charge in [0.25, 0.3) is 0 Å². The van der Waals surface area contributed by atoms with Crippen LogP contribution in [-0.2, 0) is 6.42 Å². The van der Waals surface area contributed by atoms with E-state index < -0.39 is 0 Å². The molecule has 0 fully saturated rings. The van der Waals surface area contributed by atoms with Crippen molar-refractivity contribution in [3.05, 3.63) is 45.0 Å². The Balaban J connectivity index is 2.10. The number of ketones is 1. The molecule has 0 saturated carbocycles. The third-order valence-corrected chi connectivity index (χ3v) is 3.34. The quantitative estimate of drug-likeness (QED) is 0.799. The van der Waals surface area contributed by atoms with Crippen molar-refractivity contribution in [2.75, 3.05) is 0 Å². The molecule has 2 aromatic heterocycles. The fourth-order valence-electron chi connectivity index (χ4n) is 1.14. The molecule has 0 atom stereocenters. The first-order valence-electron chi connectivity index (χ1n) is 4.04. The smallest absolute Gasteiger partial charge is 0.168 e. The molecule has 0 N–H and O–H groups in total. The SMILES string of the molecule is O=C(Cc1ccoc1)c1csc(Br)c1. The topological polar surface area (TPSA) is 30.2 Å². The molecule has 0 aliphatic heterocycles. The molecule has 0 amide bonds. The highest BCUT2D eigenvalue weighted by Gasteiger charge is 2.09. The second kappa shape index (κ2) is 4.11. The summed E-state index contributed by atoms with van der Waals surface area (Å²) >= 11 is 4.84. The second-order valence-electron chi connectivity index (χ2n) is 2.87. The summed E-state index contributed by atoms with van der Waals surface area (Å²) in [4.78, 5) is 11.7. The van der Waals surface area contributed by atoms with Crippen LogP contribution in [-0.4, -0.2) is 5.78 Å². The van der Waals surface area contributed by atoms with Crippen molar-refractivity contribution in [3.63, 3.8) is 0 Å². The average molecular weight is 271 g/mol. The summed E-state index contributed by atoms with van der Waals surface area (Å²) < 4.78 is 5.88. The Morgan fingerprint density at radius 2 is 2.43 bits per heavy atom. The zero-order chi connectivity index (χ0) is 9.97. The van der Waals surface area contributed by atoms with Crippen molar-refractivity contribution in [1.82, 2.24) is 0 Å². The van der Waals surface area contributed by atoms with Crippen molar-refractivity contribution in [2.24, 2.45) is 0 Å². The predicted octanol–water partition coefficient (Wildman–Crippen LogP) is 3.53. The molecule has 0 spiro atoms. The zero-order valence-electron chi connectivity index (χ0n) is 7.20. The van der Waals surface area contributed by atoms with Crippen molar-refractivity contribution < 1.29 is 9.21 Å². The highest BCUT2D eigenvalue weighted by Crippen LogP contribution is 2.21. The van der Waals surface area contributed by atoms with Crippen LogP contribution in [0.5, 0.6) is 0 Å². The largest absolute Gasteiger partial charge is 0.472 e. The third-order valence-electron chi connectivity index (χ3n) is 1.83. The van der Waals surface area contributed by atoms with Crippen LogP contribution in [0.2, 0.25) is 0 Å². The Kier molecular flexibility index (Phi) is 2.84. The Morgan fingerprint density at radius 1 is 1.57 bits per heavy atom. The lowest BCUT2D eigenvalue weighted by Crippen LogP contribution is -2.00. The first kappa shape index (κ1) is 9.68. The second-order valence-corrected chi connectivity index (χ2v) is 5.16. The van der Waals surface area contributed by atoms with Gasteiger partial charge in [0.1, 0.15) is 0 Å². The lowest BCUT2D eigenvalue weighted by molar-refractivity contribution is 0.0993. The molecule has 2 aromatic rings. The minimum Gasteiger partial charge on any atom is -0.472 e. The summed E-state index contributed by atoms with van der Waals surface area (Å²) in [7, 11) is 0. The first-order chi connectivity index (χ1) is 6.75. The number of rotatable bonds is 3. The molecule has 0 aliphatic rings. The average Bonchev–Trinajstić information content (AvgIpc) is 2.75. The lowest BCUT2D eigenvalue weighted by atomic mass is 10.1. The van der Waals surface area contributed by atoms with Gasteiger partial charge < -0.3 is 4.42 Å². The number of hydrogen-bond acceptors (Lipinski definition) is 3. The predicted molar refractivity (Wildman–Crippen MR) is 58.8 cm³/mol. The fourth-order valence-corrected chi connectivity index (χ4v) is 2.30. The Morgan fingerprint density at radius 3 is 3.00 bits per heavy atom. The van der Waals surface area contributed by atoms with Gasteiger partial charge in [-0.25, -0.2) is 0 Å². The van der Waals surface area contributed by atoms with Crippen LogP contribution in [0.15, 0.2) is 38.2 Å². The van der Waals surface area contributed by atoms with E-state index in [2.05, 4.69) is 15.9 Å². The standard InChI is InChI=1S/C10H7BrO2S/c11-10-4-8(6-14-10)9(12)3-7-1-2-13-5-7/h1-2,4-6H,3H2.